The van der Waals surface area contributed by atoms with Crippen molar-refractivity contribution in [2.24, 2.45) is 28.9 Å². The zero-order valence-corrected chi connectivity index (χ0v) is 19.7. The van der Waals surface area contributed by atoms with Gasteiger partial charge in [0.1, 0.15) is 12.1 Å². The third-order valence-electron chi connectivity index (χ3n) is 6.88. The van der Waals surface area contributed by atoms with Crippen molar-refractivity contribution in [1.82, 2.24) is 4.90 Å². The molecule has 31 heavy (non-hydrogen) atoms. The molecule has 0 aromatic heterocycles. The van der Waals surface area contributed by atoms with Crippen molar-refractivity contribution in [2.45, 2.75) is 72.2 Å². The number of rotatable bonds is 5. The van der Waals surface area contributed by atoms with Crippen molar-refractivity contribution >= 4 is 11.9 Å². The number of esters is 1. The largest absolute Gasteiger partial charge is 0.464 e. The number of carbonyl (C=O) groups excluding carboxylic acids is 2. The number of likely N-dealkylation sites (tertiary alicyclic amines) is 1. The topological polar surface area (TPSA) is 81.9 Å². The first kappa shape index (κ1) is 23.7. The summed E-state index contributed by atoms with van der Waals surface area (Å²) in [5, 5.41) is 0. The lowest BCUT2D eigenvalue weighted by Gasteiger charge is -2.36. The maximum absolute atomic E-state index is 14.0. The van der Waals surface area contributed by atoms with E-state index in [9.17, 15) is 9.59 Å². The van der Waals surface area contributed by atoms with Crippen molar-refractivity contribution in [3.63, 3.8) is 0 Å². The summed E-state index contributed by atoms with van der Waals surface area (Å²) in [7, 11) is 0. The molecule has 1 aromatic rings. The summed E-state index contributed by atoms with van der Waals surface area (Å²) in [4.78, 5) is 29.0. The van der Waals surface area contributed by atoms with Gasteiger partial charge in [-0.2, -0.15) is 0 Å². The van der Waals surface area contributed by atoms with Gasteiger partial charge in [0.25, 0.3) is 5.91 Å². The smallest absolute Gasteiger partial charge is 0.329 e. The van der Waals surface area contributed by atoms with Crippen LogP contribution < -0.4 is 5.73 Å². The molecule has 2 saturated heterocycles. The lowest BCUT2D eigenvalue weighted by Crippen LogP contribution is -2.52. The molecule has 0 spiro atoms. The Morgan fingerprint density at radius 1 is 1.23 bits per heavy atom. The molecule has 6 nitrogen and oxygen atoms in total. The highest BCUT2D eigenvalue weighted by Crippen LogP contribution is 2.48. The summed E-state index contributed by atoms with van der Waals surface area (Å²) in [6.07, 6.45) is 0.283. The van der Waals surface area contributed by atoms with Crippen LogP contribution in [-0.2, 0) is 19.1 Å². The molecule has 3 rings (SSSR count). The van der Waals surface area contributed by atoms with E-state index >= 15 is 0 Å². The lowest BCUT2D eigenvalue weighted by molar-refractivity contribution is -0.161. The first-order valence-electron chi connectivity index (χ1n) is 11.5. The van der Waals surface area contributed by atoms with Gasteiger partial charge in [0.2, 0.25) is 0 Å². The van der Waals surface area contributed by atoms with Crippen LogP contribution in [0.5, 0.6) is 0 Å². The van der Waals surface area contributed by atoms with Crippen LogP contribution in [0.25, 0.3) is 0 Å². The molecule has 1 aromatic carbocycles. The van der Waals surface area contributed by atoms with E-state index < -0.39 is 24.2 Å². The average molecular weight is 431 g/mol. The van der Waals surface area contributed by atoms with Gasteiger partial charge in [-0.1, -0.05) is 65.0 Å². The van der Waals surface area contributed by atoms with E-state index in [-0.39, 0.29) is 35.7 Å². The summed E-state index contributed by atoms with van der Waals surface area (Å²) in [6.45, 7) is 13.1. The standard InChI is InChI=1S/C25H38N2O4/c1-7-30-24(29)21-18(25(4,5)6)19(26)20(16-11-9-8-10-12-16)27(21)23(28)22-17(15(2)3)13-14-31-22/h8-12,15,17-22H,7,13-14,26H2,1-6H3/t17-,18+,19+,20+,21+,22-/m1/s1. The molecular formula is C25H38N2O4. The maximum atomic E-state index is 14.0. The van der Waals surface area contributed by atoms with Gasteiger partial charge >= 0.3 is 5.97 Å². The monoisotopic (exact) mass is 430 g/mol. The Labute approximate surface area is 186 Å². The minimum Gasteiger partial charge on any atom is -0.464 e. The molecule has 0 saturated carbocycles. The second-order valence-corrected chi connectivity index (χ2v) is 10.3. The molecule has 2 fully saturated rings. The van der Waals surface area contributed by atoms with Crippen LogP contribution in [0, 0.1) is 23.2 Å². The highest BCUT2D eigenvalue weighted by atomic mass is 16.5. The Hall–Kier alpha value is -1.92. The summed E-state index contributed by atoms with van der Waals surface area (Å²) >= 11 is 0. The first-order valence-corrected chi connectivity index (χ1v) is 11.5. The lowest BCUT2D eigenvalue weighted by atomic mass is 9.73. The molecule has 6 atom stereocenters. The third kappa shape index (κ3) is 4.51. The SMILES string of the molecule is CCOC(=O)[C@@H]1[C@@H](C(C)(C)C)[C@H](N)[C@H](c2ccccc2)N1C(=O)[C@@H]1OCC[C@@H]1C(C)C. The van der Waals surface area contributed by atoms with Gasteiger partial charge in [-0.25, -0.2) is 4.79 Å². The summed E-state index contributed by atoms with van der Waals surface area (Å²) in [5.41, 5.74) is 7.48. The number of ether oxygens (including phenoxy) is 2. The minimum atomic E-state index is -0.746. The fourth-order valence-corrected chi connectivity index (χ4v) is 5.47. The van der Waals surface area contributed by atoms with Gasteiger partial charge in [-0.3, -0.25) is 4.79 Å². The fourth-order valence-electron chi connectivity index (χ4n) is 5.47. The molecule has 6 heteroatoms. The Morgan fingerprint density at radius 3 is 2.42 bits per heavy atom. The van der Waals surface area contributed by atoms with E-state index in [1.54, 1.807) is 11.8 Å². The molecule has 0 radical (unpaired) electrons. The van der Waals surface area contributed by atoms with Gasteiger partial charge in [0, 0.05) is 18.6 Å². The van der Waals surface area contributed by atoms with Crippen molar-refractivity contribution in [1.29, 1.82) is 0 Å². The predicted octanol–water partition coefficient (Wildman–Crippen LogP) is 3.55. The molecule has 0 aliphatic carbocycles. The number of nitrogens with two attached hydrogens (primary N) is 1. The van der Waals surface area contributed by atoms with Crippen LogP contribution in [0.4, 0.5) is 0 Å². The maximum Gasteiger partial charge on any atom is 0.329 e. The first-order chi connectivity index (χ1) is 14.6. The van der Waals surface area contributed by atoms with Gasteiger partial charge in [0.15, 0.2) is 0 Å². The molecule has 0 bridgehead atoms. The quantitative estimate of drug-likeness (QED) is 0.723. The van der Waals surface area contributed by atoms with Crippen molar-refractivity contribution in [3.05, 3.63) is 35.9 Å². The summed E-state index contributed by atoms with van der Waals surface area (Å²) in [6, 6.07) is 8.22. The van der Waals surface area contributed by atoms with Crippen molar-refractivity contribution in [2.75, 3.05) is 13.2 Å². The molecular weight excluding hydrogens is 392 g/mol. The Bertz CT molecular complexity index is 773. The molecule has 2 N–H and O–H groups in total. The number of amides is 1. The Balaban J connectivity index is 2.12. The molecule has 0 unspecified atom stereocenters. The third-order valence-corrected chi connectivity index (χ3v) is 6.88. The van der Waals surface area contributed by atoms with Crippen LogP contribution in [0.2, 0.25) is 0 Å². The molecule has 2 aliphatic heterocycles. The zero-order valence-electron chi connectivity index (χ0n) is 19.7. The van der Waals surface area contributed by atoms with Crippen LogP contribution in [0.15, 0.2) is 30.3 Å². The molecule has 172 valence electrons. The van der Waals surface area contributed by atoms with Crippen LogP contribution in [-0.4, -0.2) is 48.2 Å². The van der Waals surface area contributed by atoms with Gasteiger partial charge in [0.05, 0.1) is 12.6 Å². The van der Waals surface area contributed by atoms with E-state index in [0.717, 1.165) is 12.0 Å². The number of benzene rings is 1. The van der Waals surface area contributed by atoms with Crippen molar-refractivity contribution < 1.29 is 19.1 Å². The predicted molar refractivity (Wildman–Crippen MR) is 120 cm³/mol. The van der Waals surface area contributed by atoms with Crippen LogP contribution in [0.1, 0.15) is 59.6 Å². The zero-order chi connectivity index (χ0) is 22.9. The Kier molecular flexibility index (Phi) is 7.11. The number of nitrogens with zero attached hydrogens (tertiary/aromatic N) is 1. The number of hydrogen-bond acceptors (Lipinski definition) is 5. The highest BCUT2D eigenvalue weighted by Gasteiger charge is 2.58. The van der Waals surface area contributed by atoms with Crippen LogP contribution >= 0.6 is 0 Å². The second kappa shape index (κ2) is 9.29. The fraction of sp³-hybridized carbons (Fsp3) is 0.680. The van der Waals surface area contributed by atoms with E-state index in [4.69, 9.17) is 15.2 Å². The van der Waals surface area contributed by atoms with Crippen molar-refractivity contribution in [3.8, 4) is 0 Å². The molecule has 2 aliphatic rings. The van der Waals surface area contributed by atoms with E-state index in [1.165, 1.54) is 0 Å². The highest BCUT2D eigenvalue weighted by molar-refractivity contribution is 5.89. The normalized spacial score (nSPS) is 31.3. The molecule has 1 amide bonds. The summed E-state index contributed by atoms with van der Waals surface area (Å²) < 4.78 is 11.4. The minimum absolute atomic E-state index is 0.122. The van der Waals surface area contributed by atoms with E-state index in [1.807, 2.05) is 30.3 Å². The Morgan fingerprint density at radius 2 is 1.87 bits per heavy atom. The van der Waals surface area contributed by atoms with E-state index in [2.05, 4.69) is 34.6 Å². The molecule has 2 heterocycles. The number of carbonyl (C=O) groups is 2. The number of hydrogen-bond donors (Lipinski definition) is 1. The van der Waals surface area contributed by atoms with Gasteiger partial charge < -0.3 is 20.1 Å². The van der Waals surface area contributed by atoms with Gasteiger partial charge in [-0.05, 0) is 36.2 Å². The van der Waals surface area contributed by atoms with E-state index in [0.29, 0.717) is 12.5 Å². The average Bonchev–Trinajstić information content (AvgIpc) is 3.31. The summed E-state index contributed by atoms with van der Waals surface area (Å²) in [5.74, 6) is -0.354. The van der Waals surface area contributed by atoms with Crippen LogP contribution in [0.3, 0.4) is 0 Å². The second-order valence-electron chi connectivity index (χ2n) is 10.3. The van der Waals surface area contributed by atoms with Gasteiger partial charge in [-0.15, -0.1) is 0 Å².